The van der Waals surface area contributed by atoms with Crippen LogP contribution in [0.4, 0.5) is 0 Å². The van der Waals surface area contributed by atoms with E-state index in [2.05, 4.69) is 33.0 Å². The molecule has 1 aromatic rings. The van der Waals surface area contributed by atoms with Crippen molar-refractivity contribution in [2.75, 3.05) is 6.61 Å². The molecule has 1 saturated heterocycles. The van der Waals surface area contributed by atoms with Gasteiger partial charge < -0.3 is 24.7 Å². The first kappa shape index (κ1) is 21.7. The molecular formula is C18H27NO7. The minimum atomic E-state index is -1.82. The van der Waals surface area contributed by atoms with E-state index in [1.165, 1.54) is 6.26 Å². The highest BCUT2D eigenvalue weighted by atomic mass is 16.5. The van der Waals surface area contributed by atoms with Crippen molar-refractivity contribution in [3.05, 3.63) is 24.2 Å². The smallest absolute Gasteiger partial charge is 0.414 e. The summed E-state index contributed by atoms with van der Waals surface area (Å²) in [5.74, 6) is -3.17. The number of piperidine rings is 1. The normalized spacial score (nSPS) is 18.3. The third-order valence-corrected chi connectivity index (χ3v) is 3.94. The Labute approximate surface area is 152 Å². The van der Waals surface area contributed by atoms with Gasteiger partial charge in [0.25, 0.3) is 0 Å². The standard InChI is InChI=1S/C16H25NO3.C2H2O4/c1-15(2)10-12(11-16(3,4)17-15)7-9-20-14(18)13-6-5-8-19-13;3-1(4)2(5)6/h5-6,8,12,17H,7,9-11H2,1-4H3;(H,3,4)(H,5,6). The van der Waals surface area contributed by atoms with Crippen LogP contribution in [0.1, 0.15) is 57.5 Å². The lowest BCUT2D eigenvalue weighted by Crippen LogP contribution is -2.57. The van der Waals surface area contributed by atoms with Crippen LogP contribution < -0.4 is 5.32 Å². The minimum absolute atomic E-state index is 0.136. The van der Waals surface area contributed by atoms with Gasteiger partial charge in [-0.3, -0.25) is 0 Å². The van der Waals surface area contributed by atoms with Crippen LogP contribution in [-0.2, 0) is 14.3 Å². The summed E-state index contributed by atoms with van der Waals surface area (Å²) in [7, 11) is 0. The van der Waals surface area contributed by atoms with E-state index < -0.39 is 11.9 Å². The van der Waals surface area contributed by atoms with Crippen molar-refractivity contribution in [3.8, 4) is 0 Å². The molecule has 0 unspecified atom stereocenters. The molecule has 0 bridgehead atoms. The van der Waals surface area contributed by atoms with Crippen molar-refractivity contribution in [1.29, 1.82) is 0 Å². The van der Waals surface area contributed by atoms with Gasteiger partial charge in [0, 0.05) is 11.1 Å². The molecule has 0 radical (unpaired) electrons. The second-order valence-corrected chi connectivity index (χ2v) is 7.68. The van der Waals surface area contributed by atoms with E-state index in [0.717, 1.165) is 19.3 Å². The molecule has 8 heteroatoms. The van der Waals surface area contributed by atoms with E-state index in [1.54, 1.807) is 12.1 Å². The minimum Gasteiger partial charge on any atom is -0.473 e. The number of hydrogen-bond donors (Lipinski definition) is 3. The van der Waals surface area contributed by atoms with E-state index in [-0.39, 0.29) is 22.8 Å². The fourth-order valence-corrected chi connectivity index (χ4v) is 3.52. The molecule has 0 saturated carbocycles. The SMILES string of the molecule is CC1(C)CC(CCOC(=O)c2ccco2)CC(C)(C)N1.O=C(O)C(=O)O. The lowest BCUT2D eigenvalue weighted by Gasteiger charge is -2.46. The maximum atomic E-state index is 11.7. The third kappa shape index (κ3) is 7.69. The number of esters is 1. The van der Waals surface area contributed by atoms with Crippen LogP contribution in [0.5, 0.6) is 0 Å². The molecule has 0 aromatic carbocycles. The van der Waals surface area contributed by atoms with Gasteiger partial charge in [0.05, 0.1) is 12.9 Å². The van der Waals surface area contributed by atoms with Crippen LogP contribution in [0, 0.1) is 5.92 Å². The lowest BCUT2D eigenvalue weighted by atomic mass is 9.75. The maximum absolute atomic E-state index is 11.7. The zero-order valence-corrected chi connectivity index (χ0v) is 15.6. The van der Waals surface area contributed by atoms with Crippen LogP contribution in [-0.4, -0.2) is 45.8 Å². The fraction of sp³-hybridized carbons (Fsp3) is 0.611. The largest absolute Gasteiger partial charge is 0.473 e. The first-order chi connectivity index (χ1) is 11.9. The van der Waals surface area contributed by atoms with Gasteiger partial charge in [0.2, 0.25) is 5.76 Å². The van der Waals surface area contributed by atoms with Crippen molar-refractivity contribution in [2.45, 2.75) is 58.0 Å². The molecule has 146 valence electrons. The highest BCUT2D eigenvalue weighted by Gasteiger charge is 2.37. The number of aliphatic carboxylic acids is 2. The Balaban J connectivity index is 0.000000487. The van der Waals surface area contributed by atoms with Gasteiger partial charge in [0.1, 0.15) is 0 Å². The summed E-state index contributed by atoms with van der Waals surface area (Å²) in [6.45, 7) is 9.38. The van der Waals surface area contributed by atoms with Gasteiger partial charge in [-0.1, -0.05) is 0 Å². The average molecular weight is 369 g/mol. The van der Waals surface area contributed by atoms with E-state index in [4.69, 9.17) is 29.0 Å². The van der Waals surface area contributed by atoms with E-state index in [9.17, 15) is 4.79 Å². The number of carboxylic acids is 2. The van der Waals surface area contributed by atoms with Gasteiger partial charge >= 0.3 is 17.9 Å². The van der Waals surface area contributed by atoms with Crippen LogP contribution in [0.25, 0.3) is 0 Å². The Bertz CT molecular complexity index is 591. The van der Waals surface area contributed by atoms with Gasteiger partial charge in [-0.25, -0.2) is 14.4 Å². The summed E-state index contributed by atoms with van der Waals surface area (Å²) >= 11 is 0. The Morgan fingerprint density at radius 3 is 2.12 bits per heavy atom. The summed E-state index contributed by atoms with van der Waals surface area (Å²) in [4.78, 5) is 29.9. The monoisotopic (exact) mass is 369 g/mol. The fourth-order valence-electron chi connectivity index (χ4n) is 3.52. The third-order valence-electron chi connectivity index (χ3n) is 3.94. The number of carboxylic acid groups (broad SMARTS) is 2. The predicted octanol–water partition coefficient (Wildman–Crippen LogP) is 2.54. The van der Waals surface area contributed by atoms with Crippen LogP contribution >= 0.6 is 0 Å². The molecule has 3 N–H and O–H groups in total. The van der Waals surface area contributed by atoms with Gasteiger partial charge in [-0.15, -0.1) is 0 Å². The Morgan fingerprint density at radius 1 is 1.15 bits per heavy atom. The molecule has 8 nitrogen and oxygen atoms in total. The molecule has 1 fully saturated rings. The molecule has 0 amide bonds. The number of furan rings is 1. The molecule has 1 aliphatic rings. The lowest BCUT2D eigenvalue weighted by molar-refractivity contribution is -0.159. The molecule has 2 rings (SSSR count). The molecule has 0 atom stereocenters. The highest BCUT2D eigenvalue weighted by molar-refractivity contribution is 6.27. The average Bonchev–Trinajstić information content (AvgIpc) is 2.98. The van der Waals surface area contributed by atoms with Crippen LogP contribution in [0.3, 0.4) is 0 Å². The second-order valence-electron chi connectivity index (χ2n) is 7.68. The quantitative estimate of drug-likeness (QED) is 0.546. The molecular weight excluding hydrogens is 342 g/mol. The number of carbonyl (C=O) groups is 3. The van der Waals surface area contributed by atoms with Gasteiger partial charge in [-0.2, -0.15) is 0 Å². The summed E-state index contributed by atoms with van der Waals surface area (Å²) in [5.41, 5.74) is 0.273. The van der Waals surface area contributed by atoms with Crippen molar-refractivity contribution >= 4 is 17.9 Å². The zero-order chi connectivity index (χ0) is 20.0. The van der Waals surface area contributed by atoms with Crippen molar-refractivity contribution in [1.82, 2.24) is 5.32 Å². The summed E-state index contributed by atoms with van der Waals surface area (Å²) in [5, 5.41) is 18.4. The van der Waals surface area contributed by atoms with Crippen LogP contribution in [0.2, 0.25) is 0 Å². The summed E-state index contributed by atoms with van der Waals surface area (Å²) in [6.07, 6.45) is 4.60. The topological polar surface area (TPSA) is 126 Å². The Hall–Kier alpha value is -2.35. The molecule has 2 heterocycles. The van der Waals surface area contributed by atoms with Crippen LogP contribution in [0.15, 0.2) is 22.8 Å². The predicted molar refractivity (Wildman–Crippen MR) is 92.9 cm³/mol. The molecule has 0 aliphatic carbocycles. The molecule has 1 aliphatic heterocycles. The summed E-state index contributed by atoms with van der Waals surface area (Å²) < 4.78 is 10.3. The maximum Gasteiger partial charge on any atom is 0.414 e. The number of hydrogen-bond acceptors (Lipinski definition) is 6. The summed E-state index contributed by atoms with van der Waals surface area (Å²) in [6, 6.07) is 3.31. The molecule has 0 spiro atoms. The molecule has 1 aromatic heterocycles. The number of carbonyl (C=O) groups excluding carboxylic acids is 1. The van der Waals surface area contributed by atoms with Crippen molar-refractivity contribution < 1.29 is 33.8 Å². The van der Waals surface area contributed by atoms with Gasteiger partial charge in [0.15, 0.2) is 0 Å². The molecule has 26 heavy (non-hydrogen) atoms. The number of ether oxygens (including phenoxy) is 1. The van der Waals surface area contributed by atoms with Crippen molar-refractivity contribution in [3.63, 3.8) is 0 Å². The highest BCUT2D eigenvalue weighted by Crippen LogP contribution is 2.34. The first-order valence-electron chi connectivity index (χ1n) is 8.38. The van der Waals surface area contributed by atoms with Crippen molar-refractivity contribution in [2.24, 2.45) is 5.92 Å². The van der Waals surface area contributed by atoms with E-state index >= 15 is 0 Å². The number of nitrogens with one attached hydrogen (secondary N) is 1. The van der Waals surface area contributed by atoms with E-state index in [1.807, 2.05) is 0 Å². The Kier molecular flexibility index (Phi) is 7.38. The second kappa shape index (κ2) is 8.84. The Morgan fingerprint density at radius 2 is 1.69 bits per heavy atom. The zero-order valence-electron chi connectivity index (χ0n) is 15.6. The first-order valence-corrected chi connectivity index (χ1v) is 8.38. The number of rotatable bonds is 4. The van der Waals surface area contributed by atoms with E-state index in [0.29, 0.717) is 12.5 Å². The van der Waals surface area contributed by atoms with Gasteiger partial charge in [-0.05, 0) is 65.0 Å².